The molecule has 0 saturated heterocycles. The first-order chi connectivity index (χ1) is 14.3. The van der Waals surface area contributed by atoms with E-state index in [9.17, 15) is 0 Å². The Bertz CT molecular complexity index is 796. The molecule has 0 heterocycles. The fourth-order valence-corrected chi connectivity index (χ4v) is 3.39. The molecule has 1 unspecified atom stereocenters. The normalized spacial score (nSPS) is 12.0. The first kappa shape index (κ1) is 26.4. The number of benzene rings is 3. The van der Waals surface area contributed by atoms with Gasteiger partial charge in [0, 0.05) is 6.04 Å². The summed E-state index contributed by atoms with van der Waals surface area (Å²) < 4.78 is 5.22. The van der Waals surface area contributed by atoms with Gasteiger partial charge in [0.25, 0.3) is 0 Å². The van der Waals surface area contributed by atoms with Crippen molar-refractivity contribution in [3.8, 4) is 5.75 Å². The zero-order chi connectivity index (χ0) is 20.9. The predicted molar refractivity (Wildman–Crippen MR) is 125 cm³/mol. The van der Waals surface area contributed by atoms with E-state index in [0.29, 0.717) is 0 Å². The van der Waals surface area contributed by atoms with Gasteiger partial charge in [0.1, 0.15) is 5.75 Å². The fourth-order valence-electron chi connectivity index (χ4n) is 3.39. The SMILES string of the molecule is [CH2-][C@H](c1ccccc1)C(NCCCc1ccc(OC)cc1)c1ccccc1.[CH3-].[Cl][Ru+3]. The summed E-state index contributed by atoms with van der Waals surface area (Å²) in [6, 6.07) is 29.7. The molecule has 0 aliphatic heterocycles. The van der Waals surface area contributed by atoms with Crippen molar-refractivity contribution in [3.05, 3.63) is 116 Å². The minimum absolute atomic E-state index is 0. The maximum atomic E-state index is 5.22. The Morgan fingerprint density at radius 3 is 1.93 bits per heavy atom. The Morgan fingerprint density at radius 2 is 1.40 bits per heavy atom. The topological polar surface area (TPSA) is 21.3 Å². The molecule has 3 aromatic carbocycles. The molecule has 30 heavy (non-hydrogen) atoms. The molecule has 4 heteroatoms. The van der Waals surface area contributed by atoms with Gasteiger partial charge in [-0.3, -0.25) is 0 Å². The third-order valence-electron chi connectivity index (χ3n) is 4.95. The fraction of sp³-hybridized carbons (Fsp3) is 0.231. The van der Waals surface area contributed by atoms with Crippen molar-refractivity contribution in [2.75, 3.05) is 13.7 Å². The summed E-state index contributed by atoms with van der Waals surface area (Å²) in [5.41, 5.74) is 3.88. The van der Waals surface area contributed by atoms with E-state index in [1.807, 2.05) is 29.4 Å². The first-order valence-corrected chi connectivity index (χ1v) is 11.9. The Labute approximate surface area is 196 Å². The number of halogens is 1. The average molecular weight is 510 g/mol. The van der Waals surface area contributed by atoms with Crippen LogP contribution in [-0.2, 0) is 23.7 Å². The molecule has 1 N–H and O–H groups in total. The van der Waals surface area contributed by atoms with Gasteiger partial charge < -0.3 is 24.4 Å². The first-order valence-electron chi connectivity index (χ1n) is 9.70. The second-order valence-corrected chi connectivity index (χ2v) is 6.81. The van der Waals surface area contributed by atoms with Crippen molar-refractivity contribution in [1.29, 1.82) is 0 Å². The number of methoxy groups -OCH3 is 1. The molecule has 3 aromatic rings. The van der Waals surface area contributed by atoms with Crippen molar-refractivity contribution < 1.29 is 22.0 Å². The van der Waals surface area contributed by atoms with E-state index in [1.165, 1.54) is 16.7 Å². The number of ether oxygens (including phenoxy) is 1. The van der Waals surface area contributed by atoms with E-state index in [4.69, 9.17) is 4.74 Å². The van der Waals surface area contributed by atoms with E-state index in [0.717, 1.165) is 25.1 Å². The summed E-state index contributed by atoms with van der Waals surface area (Å²) in [5.74, 6) is 1.07. The molecular weight excluding hydrogens is 479 g/mol. The molecular formula is C26H31ClNORu+. The summed E-state index contributed by atoms with van der Waals surface area (Å²) in [7, 11) is 6.27. The molecule has 0 amide bonds. The van der Waals surface area contributed by atoms with Gasteiger partial charge in [-0.25, -0.2) is 0 Å². The van der Waals surface area contributed by atoms with E-state index < -0.39 is 0 Å². The monoisotopic (exact) mass is 510 g/mol. The number of aryl methyl sites for hydroxylation is 1. The second-order valence-electron chi connectivity index (χ2n) is 6.81. The standard InChI is InChI=1S/C25H28NO.CH3.ClH.Ru/c1-20(22-11-5-3-6-12-22)25(23-13-7-4-8-14-23)26-19-9-10-21-15-17-24(27-2)18-16-21;;;/h3-8,11-18,20,25-26H,1,9-10,19H2,2H3;1H3;1H;/q2*-1;;+4/p-1/t20-,25?;;;/m1.../s1. The summed E-state index contributed by atoms with van der Waals surface area (Å²) >= 11 is 1.82. The van der Waals surface area contributed by atoms with Gasteiger partial charge in [0.15, 0.2) is 0 Å². The average Bonchev–Trinajstić information content (AvgIpc) is 2.81. The van der Waals surface area contributed by atoms with Gasteiger partial charge in [-0.2, -0.15) is 0 Å². The van der Waals surface area contributed by atoms with Crippen LogP contribution in [0.4, 0.5) is 0 Å². The van der Waals surface area contributed by atoms with Crippen molar-refractivity contribution in [2.45, 2.75) is 24.8 Å². The van der Waals surface area contributed by atoms with Crippen LogP contribution in [0.15, 0.2) is 84.9 Å². The third-order valence-corrected chi connectivity index (χ3v) is 4.95. The van der Waals surface area contributed by atoms with Crippen molar-refractivity contribution in [3.63, 3.8) is 0 Å². The van der Waals surface area contributed by atoms with Crippen LogP contribution in [0.1, 0.15) is 35.1 Å². The number of hydrogen-bond acceptors (Lipinski definition) is 2. The van der Waals surface area contributed by atoms with Gasteiger partial charge in [0.05, 0.1) is 7.11 Å². The summed E-state index contributed by atoms with van der Waals surface area (Å²) in [6.45, 7) is 5.41. The molecule has 2 nitrogen and oxygen atoms in total. The van der Waals surface area contributed by atoms with Gasteiger partial charge in [-0.1, -0.05) is 78.4 Å². The molecule has 0 saturated carbocycles. The van der Waals surface area contributed by atoms with Crippen LogP contribution >= 0.6 is 9.69 Å². The van der Waals surface area contributed by atoms with Gasteiger partial charge in [0.2, 0.25) is 0 Å². The van der Waals surface area contributed by atoms with E-state index in [-0.39, 0.29) is 19.4 Å². The van der Waals surface area contributed by atoms with Crippen LogP contribution < -0.4 is 10.1 Å². The second kappa shape index (κ2) is 15.2. The maximum absolute atomic E-state index is 5.22. The molecule has 0 aromatic heterocycles. The van der Waals surface area contributed by atoms with Gasteiger partial charge in [-0.05, 0) is 42.6 Å². The van der Waals surface area contributed by atoms with E-state index >= 15 is 0 Å². The van der Waals surface area contributed by atoms with Crippen LogP contribution in [0, 0.1) is 14.4 Å². The van der Waals surface area contributed by atoms with Crippen molar-refractivity contribution >= 4 is 9.69 Å². The number of rotatable bonds is 9. The Balaban J connectivity index is 0.00000146. The van der Waals surface area contributed by atoms with E-state index in [2.05, 4.69) is 94.7 Å². The van der Waals surface area contributed by atoms with Crippen LogP contribution in [0.2, 0.25) is 0 Å². The number of nitrogens with one attached hydrogen (secondary N) is 1. The summed E-state index contributed by atoms with van der Waals surface area (Å²) in [5, 5.41) is 3.74. The van der Waals surface area contributed by atoms with Crippen LogP contribution in [0.25, 0.3) is 0 Å². The molecule has 0 fully saturated rings. The Morgan fingerprint density at radius 1 is 0.867 bits per heavy atom. The quantitative estimate of drug-likeness (QED) is 0.196. The van der Waals surface area contributed by atoms with Crippen molar-refractivity contribution in [2.24, 2.45) is 0 Å². The molecule has 0 aliphatic carbocycles. The van der Waals surface area contributed by atoms with Gasteiger partial charge >= 0.3 is 27.0 Å². The van der Waals surface area contributed by atoms with Crippen LogP contribution in [-0.4, -0.2) is 13.7 Å². The molecule has 3 rings (SSSR count). The van der Waals surface area contributed by atoms with Gasteiger partial charge in [-0.15, -0.1) is 5.92 Å². The van der Waals surface area contributed by atoms with Crippen LogP contribution in [0.5, 0.6) is 5.75 Å². The van der Waals surface area contributed by atoms with Crippen LogP contribution in [0.3, 0.4) is 0 Å². The summed E-state index contributed by atoms with van der Waals surface area (Å²) in [6.07, 6.45) is 2.13. The molecule has 0 bridgehead atoms. The zero-order valence-corrected chi connectivity index (χ0v) is 20.2. The third kappa shape index (κ3) is 8.22. The molecule has 0 spiro atoms. The molecule has 0 radical (unpaired) electrons. The molecule has 2 atom stereocenters. The van der Waals surface area contributed by atoms with E-state index in [1.54, 1.807) is 7.11 Å². The Hall–Kier alpha value is -1.67. The van der Waals surface area contributed by atoms with Crippen molar-refractivity contribution in [1.82, 2.24) is 5.32 Å². The molecule has 160 valence electrons. The number of hydrogen-bond donors (Lipinski definition) is 1. The summed E-state index contributed by atoms with van der Waals surface area (Å²) in [4.78, 5) is 0. The zero-order valence-electron chi connectivity index (χ0n) is 17.7. The molecule has 0 aliphatic rings. The predicted octanol–water partition coefficient (Wildman–Crippen LogP) is 6.71. The minimum atomic E-state index is 0. The Kier molecular flexibility index (Phi) is 13.3.